The third-order valence-electron chi connectivity index (χ3n) is 4.61. The molecule has 5 nitrogen and oxygen atoms in total. The third-order valence-corrected chi connectivity index (χ3v) is 5.17. The van der Waals surface area contributed by atoms with E-state index in [1.54, 1.807) is 24.3 Å². The van der Waals surface area contributed by atoms with Crippen LogP contribution < -0.4 is 10.2 Å². The summed E-state index contributed by atoms with van der Waals surface area (Å²) in [6.45, 7) is 4.97. The Morgan fingerprint density at radius 3 is 2.85 bits per heavy atom. The topological polar surface area (TPSA) is 58.1 Å². The maximum absolute atomic E-state index is 12.7. The number of anilines is 2. The van der Waals surface area contributed by atoms with Gasteiger partial charge in [0.25, 0.3) is 5.91 Å². The Morgan fingerprint density at radius 1 is 1.27 bits per heavy atom. The van der Waals surface area contributed by atoms with Crippen molar-refractivity contribution in [3.63, 3.8) is 0 Å². The van der Waals surface area contributed by atoms with E-state index in [1.165, 1.54) is 6.42 Å². The van der Waals surface area contributed by atoms with Gasteiger partial charge in [-0.3, -0.25) is 4.79 Å². The van der Waals surface area contributed by atoms with Crippen molar-refractivity contribution in [1.82, 2.24) is 9.97 Å². The molecule has 0 radical (unpaired) electrons. The van der Waals surface area contributed by atoms with Gasteiger partial charge >= 0.3 is 0 Å². The number of hydrogen-bond acceptors (Lipinski definition) is 4. The number of carbonyl (C=O) groups is 1. The number of carbonyl (C=O) groups excluding carboxylic acids is 1. The molecular weight excluding hydrogens is 371 g/mol. The van der Waals surface area contributed by atoms with Crippen molar-refractivity contribution in [2.24, 2.45) is 0 Å². The highest BCUT2D eigenvalue weighted by Crippen LogP contribution is 2.27. The number of nitrogens with one attached hydrogen (secondary N) is 1. The Balaban J connectivity index is 1.87. The van der Waals surface area contributed by atoms with Gasteiger partial charge in [0.1, 0.15) is 5.69 Å². The summed E-state index contributed by atoms with van der Waals surface area (Å²) in [5, 5.41) is 3.72. The second kappa shape index (κ2) is 8.23. The lowest BCUT2D eigenvalue weighted by Crippen LogP contribution is -2.40. The first-order chi connectivity index (χ1) is 12.5. The Labute approximate surface area is 163 Å². The predicted molar refractivity (Wildman–Crippen MR) is 106 cm³/mol. The summed E-state index contributed by atoms with van der Waals surface area (Å²) in [5.74, 6) is 0.296. The monoisotopic (exact) mass is 392 g/mol. The molecule has 2 aromatic rings. The molecule has 138 valence electrons. The molecule has 3 rings (SSSR count). The second-order valence-corrected chi connectivity index (χ2v) is 7.37. The molecule has 2 heterocycles. The molecule has 1 aliphatic rings. The van der Waals surface area contributed by atoms with E-state index in [1.807, 2.05) is 6.92 Å². The van der Waals surface area contributed by atoms with Crippen LogP contribution in [0.3, 0.4) is 0 Å². The van der Waals surface area contributed by atoms with Gasteiger partial charge in [0, 0.05) is 23.3 Å². The van der Waals surface area contributed by atoms with Crippen LogP contribution in [0.2, 0.25) is 10.0 Å². The quantitative estimate of drug-likeness (QED) is 0.784. The molecule has 26 heavy (non-hydrogen) atoms. The van der Waals surface area contributed by atoms with Gasteiger partial charge in [-0.2, -0.15) is 0 Å². The maximum atomic E-state index is 12.7. The van der Waals surface area contributed by atoms with Gasteiger partial charge in [0.15, 0.2) is 0 Å². The molecule has 7 heteroatoms. The van der Waals surface area contributed by atoms with Crippen LogP contribution in [0, 0.1) is 6.92 Å². The SMILES string of the molecule is CCC1CCCCN1c1nc(C)cc(C(=O)Nc2cc(Cl)ccc2Cl)n1. The fourth-order valence-electron chi connectivity index (χ4n) is 3.27. The highest BCUT2D eigenvalue weighted by molar-refractivity contribution is 6.35. The third kappa shape index (κ3) is 4.27. The van der Waals surface area contributed by atoms with Gasteiger partial charge in [-0.1, -0.05) is 30.1 Å². The van der Waals surface area contributed by atoms with Crippen molar-refractivity contribution >= 4 is 40.7 Å². The number of hydrogen-bond donors (Lipinski definition) is 1. The first-order valence-electron chi connectivity index (χ1n) is 8.86. The highest BCUT2D eigenvalue weighted by Gasteiger charge is 2.24. The van der Waals surface area contributed by atoms with Crippen LogP contribution in [0.25, 0.3) is 0 Å². The summed E-state index contributed by atoms with van der Waals surface area (Å²) in [6, 6.07) is 7.05. The summed E-state index contributed by atoms with van der Waals surface area (Å²) >= 11 is 12.1. The summed E-state index contributed by atoms with van der Waals surface area (Å²) < 4.78 is 0. The first-order valence-corrected chi connectivity index (χ1v) is 9.62. The number of amides is 1. The molecule has 0 saturated carbocycles. The molecule has 0 spiro atoms. The summed E-state index contributed by atoms with van der Waals surface area (Å²) in [6.07, 6.45) is 4.51. The van der Waals surface area contributed by atoms with E-state index >= 15 is 0 Å². The fraction of sp³-hybridized carbons (Fsp3) is 0.421. The molecule has 1 unspecified atom stereocenters. The van der Waals surface area contributed by atoms with Gasteiger partial charge in [-0.05, 0) is 56.9 Å². The number of aromatic nitrogens is 2. The maximum Gasteiger partial charge on any atom is 0.274 e. The number of rotatable bonds is 4. The van der Waals surface area contributed by atoms with E-state index < -0.39 is 0 Å². The molecule has 1 aliphatic heterocycles. The molecule has 1 amide bonds. The number of halogens is 2. The lowest BCUT2D eigenvalue weighted by atomic mass is 10.0. The van der Waals surface area contributed by atoms with Crippen LogP contribution in [-0.4, -0.2) is 28.5 Å². The number of piperidine rings is 1. The standard InChI is InChI=1S/C19H22Cl2N4O/c1-3-14-6-4-5-9-25(14)19-22-12(2)10-17(24-19)18(26)23-16-11-13(20)7-8-15(16)21/h7-8,10-11,14H,3-6,9H2,1-2H3,(H,23,26). The fourth-order valence-corrected chi connectivity index (χ4v) is 3.60. The van der Waals surface area contributed by atoms with Gasteiger partial charge < -0.3 is 10.2 Å². The lowest BCUT2D eigenvalue weighted by Gasteiger charge is -2.35. The van der Waals surface area contributed by atoms with Crippen molar-refractivity contribution in [1.29, 1.82) is 0 Å². The lowest BCUT2D eigenvalue weighted by molar-refractivity contribution is 0.102. The Kier molecular flexibility index (Phi) is 5.99. The summed E-state index contributed by atoms with van der Waals surface area (Å²) in [4.78, 5) is 24.0. The molecule has 1 fully saturated rings. The van der Waals surface area contributed by atoms with Gasteiger partial charge in [-0.25, -0.2) is 9.97 Å². The van der Waals surface area contributed by atoms with E-state index in [-0.39, 0.29) is 5.91 Å². The smallest absolute Gasteiger partial charge is 0.274 e. The minimum Gasteiger partial charge on any atom is -0.338 e. The molecule has 1 aromatic carbocycles. The van der Waals surface area contributed by atoms with Crippen molar-refractivity contribution in [2.45, 2.75) is 45.6 Å². The Hall–Kier alpha value is -1.85. The Bertz CT molecular complexity index is 812. The molecule has 1 atom stereocenters. The zero-order valence-electron chi connectivity index (χ0n) is 14.9. The largest absolute Gasteiger partial charge is 0.338 e. The van der Waals surface area contributed by atoms with Gasteiger partial charge in [0.2, 0.25) is 5.95 Å². The van der Waals surface area contributed by atoms with Crippen molar-refractivity contribution < 1.29 is 4.79 Å². The molecule has 0 aliphatic carbocycles. The van der Waals surface area contributed by atoms with Crippen LogP contribution in [0.5, 0.6) is 0 Å². The number of aryl methyl sites for hydroxylation is 1. The van der Waals surface area contributed by atoms with Gasteiger partial charge in [-0.15, -0.1) is 0 Å². The summed E-state index contributed by atoms with van der Waals surface area (Å²) in [5.41, 5.74) is 1.55. The Morgan fingerprint density at radius 2 is 2.08 bits per heavy atom. The molecular formula is C19H22Cl2N4O. The normalized spacial score (nSPS) is 17.2. The zero-order chi connectivity index (χ0) is 18.7. The van der Waals surface area contributed by atoms with E-state index in [4.69, 9.17) is 23.2 Å². The van der Waals surface area contributed by atoms with Crippen LogP contribution in [0.1, 0.15) is 48.8 Å². The van der Waals surface area contributed by atoms with Crippen molar-refractivity contribution in [3.05, 3.63) is 45.7 Å². The first kappa shape index (κ1) is 18.9. The van der Waals surface area contributed by atoms with Gasteiger partial charge in [0.05, 0.1) is 10.7 Å². The van der Waals surface area contributed by atoms with E-state index in [9.17, 15) is 4.79 Å². The van der Waals surface area contributed by atoms with E-state index in [2.05, 4.69) is 27.1 Å². The van der Waals surface area contributed by atoms with Crippen LogP contribution in [0.4, 0.5) is 11.6 Å². The summed E-state index contributed by atoms with van der Waals surface area (Å²) in [7, 11) is 0. The van der Waals surface area contributed by atoms with Crippen LogP contribution in [-0.2, 0) is 0 Å². The second-order valence-electron chi connectivity index (χ2n) is 6.52. The molecule has 1 N–H and O–H groups in total. The average Bonchev–Trinajstić information content (AvgIpc) is 2.64. The molecule has 1 aromatic heterocycles. The molecule has 0 bridgehead atoms. The van der Waals surface area contributed by atoms with Crippen molar-refractivity contribution in [2.75, 3.05) is 16.8 Å². The molecule has 1 saturated heterocycles. The highest BCUT2D eigenvalue weighted by atomic mass is 35.5. The van der Waals surface area contributed by atoms with E-state index in [0.29, 0.717) is 33.4 Å². The van der Waals surface area contributed by atoms with Crippen LogP contribution in [0.15, 0.2) is 24.3 Å². The van der Waals surface area contributed by atoms with Crippen LogP contribution >= 0.6 is 23.2 Å². The van der Waals surface area contributed by atoms with E-state index in [0.717, 1.165) is 31.5 Å². The number of nitrogens with zero attached hydrogens (tertiary/aromatic N) is 3. The van der Waals surface area contributed by atoms with Crippen molar-refractivity contribution in [3.8, 4) is 0 Å². The minimum atomic E-state index is -0.328. The number of benzene rings is 1. The predicted octanol–water partition coefficient (Wildman–Crippen LogP) is 5.11. The minimum absolute atomic E-state index is 0.323. The average molecular weight is 393 g/mol. The zero-order valence-corrected chi connectivity index (χ0v) is 16.4.